The minimum atomic E-state index is 0.698. The lowest BCUT2D eigenvalue weighted by atomic mass is 10.0. The van der Waals surface area contributed by atoms with E-state index < -0.39 is 0 Å². The van der Waals surface area contributed by atoms with Gasteiger partial charge in [-0.2, -0.15) is 0 Å². The zero-order valence-electron chi connectivity index (χ0n) is 21.3. The molecule has 3 heterocycles. The Morgan fingerprint density at radius 3 is 2.43 bits per heavy atom. The van der Waals surface area contributed by atoms with Gasteiger partial charge in [-0.05, 0) is 40.8 Å². The monoisotopic (exact) mass is 495 g/mol. The summed E-state index contributed by atoms with van der Waals surface area (Å²) in [6.07, 6.45) is 3.62. The number of fused-ring (bicyclic) bond motifs is 2. The van der Waals surface area contributed by atoms with Crippen LogP contribution in [0.1, 0.15) is 16.7 Å². The molecule has 0 amide bonds. The molecule has 2 aliphatic rings. The number of hydrogen-bond donors (Lipinski definition) is 0. The summed E-state index contributed by atoms with van der Waals surface area (Å²) in [6, 6.07) is 21.4. The van der Waals surface area contributed by atoms with Crippen LogP contribution in [0, 0.1) is 0 Å². The van der Waals surface area contributed by atoms with Crippen LogP contribution in [0.2, 0.25) is 0 Å². The van der Waals surface area contributed by atoms with Crippen molar-refractivity contribution in [3.63, 3.8) is 0 Å². The third-order valence-corrected chi connectivity index (χ3v) is 7.39. The van der Waals surface area contributed by atoms with Gasteiger partial charge in [0.1, 0.15) is 18.1 Å². The number of nitrogens with zero attached hydrogens (tertiary/aromatic N) is 5. The smallest absolute Gasteiger partial charge is 0.225 e. The van der Waals surface area contributed by atoms with E-state index in [2.05, 4.69) is 79.3 Å². The number of aromatic nitrogens is 2. The number of anilines is 1. The number of benzene rings is 3. The lowest BCUT2D eigenvalue weighted by Crippen LogP contribution is -2.46. The van der Waals surface area contributed by atoms with E-state index in [1.807, 2.05) is 18.5 Å². The van der Waals surface area contributed by atoms with E-state index in [-0.39, 0.29) is 0 Å². The first-order valence-corrected chi connectivity index (χ1v) is 13.0. The summed E-state index contributed by atoms with van der Waals surface area (Å²) in [4.78, 5) is 16.1. The average molecular weight is 496 g/mol. The maximum absolute atomic E-state index is 6.15. The van der Waals surface area contributed by atoms with E-state index in [0.717, 1.165) is 75.2 Å². The van der Waals surface area contributed by atoms with Crippen LogP contribution in [0.5, 0.6) is 11.5 Å². The van der Waals surface area contributed by atoms with Gasteiger partial charge in [0.15, 0.2) is 0 Å². The fourth-order valence-electron chi connectivity index (χ4n) is 5.44. The molecular weight excluding hydrogens is 462 g/mol. The third-order valence-electron chi connectivity index (χ3n) is 7.39. The first kappa shape index (κ1) is 23.7. The number of piperazine rings is 1. The van der Waals surface area contributed by atoms with Gasteiger partial charge in [0.2, 0.25) is 5.95 Å². The maximum Gasteiger partial charge on any atom is 0.225 e. The molecule has 7 nitrogen and oxygen atoms in total. The normalized spacial score (nSPS) is 16.7. The molecule has 0 bridgehead atoms. The van der Waals surface area contributed by atoms with E-state index in [0.29, 0.717) is 6.61 Å². The Hall–Kier alpha value is -3.68. The van der Waals surface area contributed by atoms with Gasteiger partial charge in [-0.3, -0.25) is 9.80 Å². The first-order chi connectivity index (χ1) is 18.3. The predicted octanol–water partition coefficient (Wildman–Crippen LogP) is 4.36. The molecule has 1 fully saturated rings. The Labute approximate surface area is 218 Å². The Morgan fingerprint density at radius 1 is 0.811 bits per heavy atom. The molecule has 0 saturated carbocycles. The van der Waals surface area contributed by atoms with Crippen molar-refractivity contribution in [2.45, 2.75) is 19.6 Å². The summed E-state index contributed by atoms with van der Waals surface area (Å²) < 4.78 is 11.7. The van der Waals surface area contributed by atoms with Crippen LogP contribution in [0.25, 0.3) is 10.8 Å². The molecule has 0 N–H and O–H groups in total. The topological polar surface area (TPSA) is 54.0 Å². The standard InChI is InChI=1S/C30H33N5O2/c1-36-29-10-8-24(26-5-2-3-6-27(26)29)21-34-17-18-37-28-9-7-23(19-25(28)22-34)20-33-13-15-35(16-14-33)30-31-11-4-12-32-30/h2-12,19H,13-18,20-22H2,1H3. The lowest BCUT2D eigenvalue weighted by molar-refractivity contribution is 0.220. The second kappa shape index (κ2) is 10.7. The summed E-state index contributed by atoms with van der Waals surface area (Å²) in [7, 11) is 1.74. The van der Waals surface area contributed by atoms with Gasteiger partial charge in [0, 0.05) is 75.7 Å². The fourth-order valence-corrected chi connectivity index (χ4v) is 5.44. The Morgan fingerprint density at radius 2 is 1.62 bits per heavy atom. The molecule has 3 aromatic carbocycles. The molecule has 2 aliphatic heterocycles. The molecule has 190 valence electrons. The Bertz CT molecular complexity index is 1350. The molecule has 37 heavy (non-hydrogen) atoms. The number of methoxy groups -OCH3 is 1. The minimum Gasteiger partial charge on any atom is -0.496 e. The summed E-state index contributed by atoms with van der Waals surface area (Å²) in [5.41, 5.74) is 3.92. The van der Waals surface area contributed by atoms with Gasteiger partial charge in [-0.1, -0.05) is 36.4 Å². The highest BCUT2D eigenvalue weighted by atomic mass is 16.5. The molecule has 0 atom stereocenters. The molecule has 0 aliphatic carbocycles. The van der Waals surface area contributed by atoms with Crippen LogP contribution >= 0.6 is 0 Å². The molecule has 7 heteroatoms. The van der Waals surface area contributed by atoms with Crippen LogP contribution in [-0.2, 0) is 19.6 Å². The summed E-state index contributed by atoms with van der Waals surface area (Å²) in [6.45, 7) is 8.19. The largest absolute Gasteiger partial charge is 0.496 e. The molecular formula is C30H33N5O2. The van der Waals surface area contributed by atoms with Gasteiger partial charge >= 0.3 is 0 Å². The summed E-state index contributed by atoms with van der Waals surface area (Å²) in [5, 5.41) is 2.41. The molecule has 0 spiro atoms. The van der Waals surface area contributed by atoms with Crippen molar-refractivity contribution < 1.29 is 9.47 Å². The highest BCUT2D eigenvalue weighted by Crippen LogP contribution is 2.31. The Balaban J connectivity index is 1.13. The van der Waals surface area contributed by atoms with Crippen LogP contribution < -0.4 is 14.4 Å². The van der Waals surface area contributed by atoms with Crippen molar-refractivity contribution in [1.29, 1.82) is 0 Å². The Kier molecular flexibility index (Phi) is 6.88. The second-order valence-corrected chi connectivity index (χ2v) is 9.79. The second-order valence-electron chi connectivity index (χ2n) is 9.79. The van der Waals surface area contributed by atoms with E-state index in [4.69, 9.17) is 9.47 Å². The summed E-state index contributed by atoms with van der Waals surface area (Å²) >= 11 is 0. The molecule has 0 radical (unpaired) electrons. The van der Waals surface area contributed by atoms with E-state index >= 15 is 0 Å². The van der Waals surface area contributed by atoms with Crippen LogP contribution in [0.3, 0.4) is 0 Å². The number of hydrogen-bond acceptors (Lipinski definition) is 7. The first-order valence-electron chi connectivity index (χ1n) is 13.0. The zero-order valence-corrected chi connectivity index (χ0v) is 21.3. The van der Waals surface area contributed by atoms with E-state index in [1.165, 1.54) is 22.1 Å². The fraction of sp³-hybridized carbons (Fsp3) is 0.333. The van der Waals surface area contributed by atoms with Crippen LogP contribution in [0.4, 0.5) is 5.95 Å². The summed E-state index contributed by atoms with van der Waals surface area (Å²) in [5.74, 6) is 2.76. The van der Waals surface area contributed by atoms with E-state index in [9.17, 15) is 0 Å². The molecule has 1 saturated heterocycles. The highest BCUT2D eigenvalue weighted by Gasteiger charge is 2.21. The van der Waals surface area contributed by atoms with Gasteiger partial charge in [-0.25, -0.2) is 9.97 Å². The quantitative estimate of drug-likeness (QED) is 0.394. The van der Waals surface area contributed by atoms with Gasteiger partial charge in [0.05, 0.1) is 7.11 Å². The van der Waals surface area contributed by atoms with Gasteiger partial charge in [-0.15, -0.1) is 0 Å². The van der Waals surface area contributed by atoms with Crippen LogP contribution in [-0.4, -0.2) is 66.2 Å². The van der Waals surface area contributed by atoms with Gasteiger partial charge in [0.25, 0.3) is 0 Å². The molecule has 0 unspecified atom stereocenters. The van der Waals surface area contributed by atoms with Crippen LogP contribution in [0.15, 0.2) is 73.1 Å². The third kappa shape index (κ3) is 5.24. The lowest BCUT2D eigenvalue weighted by Gasteiger charge is -2.34. The van der Waals surface area contributed by atoms with E-state index in [1.54, 1.807) is 7.11 Å². The van der Waals surface area contributed by atoms with Crippen molar-refractivity contribution in [2.24, 2.45) is 0 Å². The van der Waals surface area contributed by atoms with Crippen molar-refractivity contribution in [3.8, 4) is 11.5 Å². The zero-order chi connectivity index (χ0) is 25.0. The number of ether oxygens (including phenoxy) is 2. The molecule has 1 aromatic heterocycles. The van der Waals surface area contributed by atoms with Crippen molar-refractivity contribution in [2.75, 3.05) is 51.3 Å². The number of rotatable bonds is 6. The average Bonchev–Trinajstić information content (AvgIpc) is 3.15. The molecule has 4 aromatic rings. The van der Waals surface area contributed by atoms with Gasteiger partial charge < -0.3 is 14.4 Å². The molecule has 6 rings (SSSR count). The minimum absolute atomic E-state index is 0.698. The highest BCUT2D eigenvalue weighted by molar-refractivity contribution is 5.91. The maximum atomic E-state index is 6.15. The van der Waals surface area contributed by atoms with Crippen molar-refractivity contribution >= 4 is 16.7 Å². The van der Waals surface area contributed by atoms with Crippen molar-refractivity contribution in [3.05, 3.63) is 89.7 Å². The SMILES string of the molecule is COc1ccc(CN2CCOc3ccc(CN4CCN(c5ncccn5)CC4)cc3C2)c2ccccc12. The van der Waals surface area contributed by atoms with Crippen molar-refractivity contribution in [1.82, 2.24) is 19.8 Å². The predicted molar refractivity (Wildman–Crippen MR) is 146 cm³/mol.